The summed E-state index contributed by atoms with van der Waals surface area (Å²) < 4.78 is 18.4. The topological polar surface area (TPSA) is 26.3 Å². The fourth-order valence-electron chi connectivity index (χ4n) is 1.63. The lowest BCUT2D eigenvalue weighted by Crippen LogP contribution is -2.20. The zero-order valence-corrected chi connectivity index (χ0v) is 11.0. The SMILES string of the molecule is CCOC(=O)C(C=Cc1ccccc1F)C(C)C. The van der Waals surface area contributed by atoms with Crippen molar-refractivity contribution < 1.29 is 13.9 Å². The monoisotopic (exact) mass is 250 g/mol. The van der Waals surface area contributed by atoms with E-state index in [2.05, 4.69) is 0 Å². The minimum absolute atomic E-state index is 0.118. The molecule has 0 amide bonds. The van der Waals surface area contributed by atoms with Crippen molar-refractivity contribution in [2.24, 2.45) is 11.8 Å². The quantitative estimate of drug-likeness (QED) is 0.745. The van der Waals surface area contributed by atoms with Crippen molar-refractivity contribution in [1.29, 1.82) is 0 Å². The van der Waals surface area contributed by atoms with E-state index in [4.69, 9.17) is 4.74 Å². The van der Waals surface area contributed by atoms with E-state index >= 15 is 0 Å². The number of carbonyl (C=O) groups excluding carboxylic acids is 1. The summed E-state index contributed by atoms with van der Waals surface area (Å²) in [5.74, 6) is -0.781. The number of rotatable bonds is 5. The third-order valence-electron chi connectivity index (χ3n) is 2.67. The first kappa shape index (κ1) is 14.4. The van der Waals surface area contributed by atoms with Gasteiger partial charge in [0.05, 0.1) is 12.5 Å². The first-order chi connectivity index (χ1) is 8.56. The van der Waals surface area contributed by atoms with E-state index in [9.17, 15) is 9.18 Å². The van der Waals surface area contributed by atoms with E-state index in [-0.39, 0.29) is 23.6 Å². The molecule has 0 aliphatic carbocycles. The second kappa shape index (κ2) is 6.94. The molecule has 3 heteroatoms. The minimum atomic E-state index is -0.343. The molecule has 0 bridgehead atoms. The average molecular weight is 250 g/mol. The predicted molar refractivity (Wildman–Crippen MR) is 70.4 cm³/mol. The molecule has 0 saturated carbocycles. The van der Waals surface area contributed by atoms with Gasteiger partial charge in [0.25, 0.3) is 0 Å². The molecule has 98 valence electrons. The van der Waals surface area contributed by atoms with E-state index in [0.29, 0.717) is 12.2 Å². The van der Waals surface area contributed by atoms with Gasteiger partial charge in [-0.2, -0.15) is 0 Å². The molecule has 0 aliphatic rings. The van der Waals surface area contributed by atoms with Gasteiger partial charge >= 0.3 is 5.97 Å². The van der Waals surface area contributed by atoms with Crippen LogP contribution in [0.15, 0.2) is 30.3 Å². The minimum Gasteiger partial charge on any atom is -0.466 e. The lowest BCUT2D eigenvalue weighted by atomic mass is 9.95. The Balaban J connectivity index is 2.84. The summed E-state index contributed by atoms with van der Waals surface area (Å²) in [5.41, 5.74) is 0.479. The predicted octanol–water partition coefficient (Wildman–Crippen LogP) is 3.67. The number of halogens is 1. The van der Waals surface area contributed by atoms with Crippen molar-refractivity contribution in [1.82, 2.24) is 0 Å². The van der Waals surface area contributed by atoms with Crippen LogP contribution in [0.1, 0.15) is 26.3 Å². The van der Waals surface area contributed by atoms with Crippen LogP contribution in [0, 0.1) is 17.7 Å². The first-order valence-corrected chi connectivity index (χ1v) is 6.15. The van der Waals surface area contributed by atoms with Crippen molar-refractivity contribution >= 4 is 12.0 Å². The summed E-state index contributed by atoms with van der Waals surface area (Å²) in [6.07, 6.45) is 3.35. The third kappa shape index (κ3) is 3.99. The highest BCUT2D eigenvalue weighted by molar-refractivity contribution is 5.76. The standard InChI is InChI=1S/C15H19FO2/c1-4-18-15(17)13(11(2)3)10-9-12-7-5-6-8-14(12)16/h5-11,13H,4H2,1-3H3. The van der Waals surface area contributed by atoms with Crippen LogP contribution in [-0.2, 0) is 9.53 Å². The second-order valence-corrected chi connectivity index (χ2v) is 4.40. The highest BCUT2D eigenvalue weighted by Crippen LogP contribution is 2.17. The smallest absolute Gasteiger partial charge is 0.313 e. The summed E-state index contributed by atoms with van der Waals surface area (Å²) in [5, 5.41) is 0. The number of esters is 1. The number of hydrogen-bond acceptors (Lipinski definition) is 2. The highest BCUT2D eigenvalue weighted by Gasteiger charge is 2.20. The molecule has 1 rings (SSSR count). The zero-order chi connectivity index (χ0) is 13.5. The molecule has 1 aromatic carbocycles. The lowest BCUT2D eigenvalue weighted by molar-refractivity contribution is -0.147. The maximum atomic E-state index is 13.4. The molecule has 0 fully saturated rings. The molecular weight excluding hydrogens is 231 g/mol. The van der Waals surface area contributed by atoms with Gasteiger partial charge in [0, 0.05) is 5.56 Å². The first-order valence-electron chi connectivity index (χ1n) is 6.15. The van der Waals surface area contributed by atoms with E-state index in [0.717, 1.165) is 0 Å². The van der Waals surface area contributed by atoms with Crippen LogP contribution >= 0.6 is 0 Å². The molecule has 0 N–H and O–H groups in total. The molecule has 0 aliphatic heterocycles. The zero-order valence-electron chi connectivity index (χ0n) is 11.0. The molecule has 1 aromatic rings. The van der Waals surface area contributed by atoms with Gasteiger partial charge in [0.1, 0.15) is 5.82 Å². The van der Waals surface area contributed by atoms with Gasteiger partial charge < -0.3 is 4.74 Å². The van der Waals surface area contributed by atoms with Gasteiger partial charge in [0.15, 0.2) is 0 Å². The summed E-state index contributed by atoms with van der Waals surface area (Å²) in [6, 6.07) is 6.47. The van der Waals surface area contributed by atoms with Crippen LogP contribution in [0.5, 0.6) is 0 Å². The fraction of sp³-hybridized carbons (Fsp3) is 0.400. The highest BCUT2D eigenvalue weighted by atomic mass is 19.1. The van der Waals surface area contributed by atoms with Crippen LogP contribution in [0.2, 0.25) is 0 Å². The maximum absolute atomic E-state index is 13.4. The summed E-state index contributed by atoms with van der Waals surface area (Å²) in [7, 11) is 0. The van der Waals surface area contributed by atoms with Crippen LogP contribution < -0.4 is 0 Å². The molecule has 0 radical (unpaired) electrons. The van der Waals surface area contributed by atoms with E-state index in [1.165, 1.54) is 6.07 Å². The largest absolute Gasteiger partial charge is 0.466 e. The number of ether oxygens (including phenoxy) is 1. The van der Waals surface area contributed by atoms with Crippen LogP contribution in [0.3, 0.4) is 0 Å². The molecule has 2 nitrogen and oxygen atoms in total. The molecule has 1 unspecified atom stereocenters. The third-order valence-corrected chi connectivity index (χ3v) is 2.67. The fourth-order valence-corrected chi connectivity index (χ4v) is 1.63. The summed E-state index contributed by atoms with van der Waals surface area (Å²) in [6.45, 7) is 6.01. The maximum Gasteiger partial charge on any atom is 0.313 e. The van der Waals surface area contributed by atoms with Crippen molar-refractivity contribution in [3.8, 4) is 0 Å². The van der Waals surface area contributed by atoms with Crippen molar-refractivity contribution in [3.05, 3.63) is 41.7 Å². The van der Waals surface area contributed by atoms with Gasteiger partial charge in [0.2, 0.25) is 0 Å². The van der Waals surface area contributed by atoms with Crippen LogP contribution in [0.4, 0.5) is 4.39 Å². The van der Waals surface area contributed by atoms with Gasteiger partial charge in [-0.3, -0.25) is 4.79 Å². The lowest BCUT2D eigenvalue weighted by Gasteiger charge is -2.15. The van der Waals surface area contributed by atoms with Crippen LogP contribution in [0.25, 0.3) is 6.08 Å². The molecule has 0 spiro atoms. The Bertz CT molecular complexity index is 424. The average Bonchev–Trinajstić information content (AvgIpc) is 2.31. The van der Waals surface area contributed by atoms with Gasteiger partial charge in [-0.05, 0) is 18.9 Å². The van der Waals surface area contributed by atoms with Gasteiger partial charge in [-0.1, -0.05) is 44.2 Å². The molecular formula is C15H19FO2. The van der Waals surface area contributed by atoms with Crippen molar-refractivity contribution in [2.75, 3.05) is 6.61 Å². The Hall–Kier alpha value is -1.64. The summed E-state index contributed by atoms with van der Waals surface area (Å²) >= 11 is 0. The molecule has 0 heterocycles. The van der Waals surface area contributed by atoms with E-state index < -0.39 is 0 Å². The molecule has 1 atom stereocenters. The number of benzene rings is 1. The van der Waals surface area contributed by atoms with Crippen LogP contribution in [-0.4, -0.2) is 12.6 Å². The molecule has 18 heavy (non-hydrogen) atoms. The van der Waals surface area contributed by atoms with E-state index in [1.54, 1.807) is 37.3 Å². The molecule has 0 saturated heterocycles. The normalized spacial score (nSPS) is 12.9. The number of carbonyl (C=O) groups is 1. The second-order valence-electron chi connectivity index (χ2n) is 4.40. The Kier molecular flexibility index (Phi) is 5.56. The van der Waals surface area contributed by atoms with Gasteiger partial charge in [-0.15, -0.1) is 0 Å². The van der Waals surface area contributed by atoms with Gasteiger partial charge in [-0.25, -0.2) is 4.39 Å². The van der Waals surface area contributed by atoms with Crippen molar-refractivity contribution in [3.63, 3.8) is 0 Å². The summed E-state index contributed by atoms with van der Waals surface area (Å²) in [4.78, 5) is 11.7. The molecule has 0 aromatic heterocycles. The van der Waals surface area contributed by atoms with E-state index in [1.807, 2.05) is 13.8 Å². The van der Waals surface area contributed by atoms with Crippen molar-refractivity contribution in [2.45, 2.75) is 20.8 Å². The Morgan fingerprint density at radius 1 is 1.39 bits per heavy atom. The Labute approximate surface area is 107 Å². The Morgan fingerprint density at radius 3 is 2.61 bits per heavy atom. The Morgan fingerprint density at radius 2 is 2.06 bits per heavy atom. The number of hydrogen-bond donors (Lipinski definition) is 0.